The van der Waals surface area contributed by atoms with E-state index in [1.807, 2.05) is 30.3 Å². The average Bonchev–Trinajstić information content (AvgIpc) is 2.94. The lowest BCUT2D eigenvalue weighted by Crippen LogP contribution is -2.27. The Morgan fingerprint density at radius 2 is 1.70 bits per heavy atom. The molecule has 1 aliphatic heterocycles. The number of para-hydroxylation sites is 1. The number of anilines is 2. The molecule has 0 saturated carbocycles. The second kappa shape index (κ2) is 6.04. The lowest BCUT2D eigenvalue weighted by molar-refractivity contribution is 0.0993. The van der Waals surface area contributed by atoms with Crippen LogP contribution in [0, 0.1) is 0 Å². The van der Waals surface area contributed by atoms with Crippen molar-refractivity contribution in [3.8, 4) is 0 Å². The van der Waals surface area contributed by atoms with Crippen LogP contribution in [0.1, 0.15) is 16.8 Å². The van der Waals surface area contributed by atoms with Gasteiger partial charge in [-0.05, 0) is 42.8 Å². The molecule has 0 N–H and O–H groups in total. The maximum absolute atomic E-state index is 12.5. The Morgan fingerprint density at radius 1 is 1.04 bits per heavy atom. The van der Waals surface area contributed by atoms with Crippen LogP contribution in [0.4, 0.5) is 11.4 Å². The Hall–Kier alpha value is -2.34. The van der Waals surface area contributed by atoms with Gasteiger partial charge in [-0.15, -0.1) is 0 Å². The van der Waals surface area contributed by atoms with Gasteiger partial charge < -0.3 is 4.90 Å². The van der Waals surface area contributed by atoms with Crippen molar-refractivity contribution < 1.29 is 13.2 Å². The van der Waals surface area contributed by atoms with Crippen molar-refractivity contribution in [2.24, 2.45) is 0 Å². The summed E-state index contributed by atoms with van der Waals surface area (Å²) in [5.74, 6) is 0.0526. The van der Waals surface area contributed by atoms with Crippen LogP contribution < -0.4 is 9.21 Å². The van der Waals surface area contributed by atoms with E-state index in [0.717, 1.165) is 5.69 Å². The predicted octanol–water partition coefficient (Wildman–Crippen LogP) is 2.50. The average molecular weight is 330 g/mol. The minimum atomic E-state index is -3.19. The van der Waals surface area contributed by atoms with Crippen LogP contribution in [-0.4, -0.2) is 33.7 Å². The van der Waals surface area contributed by atoms with Gasteiger partial charge in [0.2, 0.25) is 10.0 Å². The summed E-state index contributed by atoms with van der Waals surface area (Å²) < 4.78 is 25.3. The highest BCUT2D eigenvalue weighted by Crippen LogP contribution is 2.25. The van der Waals surface area contributed by atoms with E-state index < -0.39 is 10.0 Å². The van der Waals surface area contributed by atoms with Crippen molar-refractivity contribution in [2.45, 2.75) is 6.42 Å². The molecule has 6 heteroatoms. The summed E-state index contributed by atoms with van der Waals surface area (Å²) in [4.78, 5) is 14.1. The van der Waals surface area contributed by atoms with Gasteiger partial charge in [-0.3, -0.25) is 9.10 Å². The highest BCUT2D eigenvalue weighted by Gasteiger charge is 2.28. The zero-order chi connectivity index (χ0) is 16.4. The van der Waals surface area contributed by atoms with Gasteiger partial charge in [-0.25, -0.2) is 8.42 Å². The Morgan fingerprint density at radius 3 is 2.26 bits per heavy atom. The largest absolute Gasteiger partial charge is 0.311 e. The maximum atomic E-state index is 12.5. The molecular formula is C17H18N2O3S. The highest BCUT2D eigenvalue weighted by atomic mass is 32.2. The molecule has 2 aromatic carbocycles. The first-order valence-corrected chi connectivity index (χ1v) is 9.03. The van der Waals surface area contributed by atoms with E-state index >= 15 is 0 Å². The van der Waals surface area contributed by atoms with Crippen LogP contribution in [0.15, 0.2) is 54.6 Å². The second-order valence-corrected chi connectivity index (χ2v) is 7.50. The molecule has 1 amide bonds. The summed E-state index contributed by atoms with van der Waals surface area (Å²) in [6, 6.07) is 16.1. The molecule has 2 aromatic rings. The fraction of sp³-hybridized carbons (Fsp3) is 0.235. The quantitative estimate of drug-likeness (QED) is 0.869. The normalized spacial score (nSPS) is 16.3. The van der Waals surface area contributed by atoms with Crippen LogP contribution >= 0.6 is 0 Å². The summed E-state index contributed by atoms with van der Waals surface area (Å²) >= 11 is 0. The third-order valence-electron chi connectivity index (χ3n) is 3.95. The summed E-state index contributed by atoms with van der Waals surface area (Å²) in [5.41, 5.74) is 1.95. The maximum Gasteiger partial charge on any atom is 0.258 e. The molecular weight excluding hydrogens is 312 g/mol. The van der Waals surface area contributed by atoms with Gasteiger partial charge in [0.1, 0.15) is 0 Å². The minimum absolute atomic E-state index is 0.132. The van der Waals surface area contributed by atoms with E-state index in [0.29, 0.717) is 24.2 Å². The Balaban J connectivity index is 1.81. The number of sulfonamides is 1. The number of carbonyl (C=O) groups excluding carboxylic acids is 1. The molecule has 3 rings (SSSR count). The van der Waals surface area contributed by atoms with Crippen LogP contribution in [0.3, 0.4) is 0 Å². The van der Waals surface area contributed by atoms with E-state index in [1.54, 1.807) is 36.2 Å². The topological polar surface area (TPSA) is 57.7 Å². The molecule has 23 heavy (non-hydrogen) atoms. The lowest BCUT2D eigenvalue weighted by atomic mass is 10.1. The summed E-state index contributed by atoms with van der Waals surface area (Å²) in [6.07, 6.45) is 0.639. The number of nitrogens with zero attached hydrogens (tertiary/aromatic N) is 2. The van der Waals surface area contributed by atoms with E-state index in [-0.39, 0.29) is 11.7 Å². The van der Waals surface area contributed by atoms with Crippen LogP contribution in [0.2, 0.25) is 0 Å². The van der Waals surface area contributed by atoms with Crippen molar-refractivity contribution in [2.75, 3.05) is 28.6 Å². The van der Waals surface area contributed by atoms with Crippen molar-refractivity contribution in [3.05, 3.63) is 60.2 Å². The molecule has 1 saturated heterocycles. The third kappa shape index (κ3) is 3.07. The van der Waals surface area contributed by atoms with E-state index in [2.05, 4.69) is 0 Å². The van der Waals surface area contributed by atoms with E-state index in [4.69, 9.17) is 0 Å². The van der Waals surface area contributed by atoms with Crippen LogP contribution in [0.5, 0.6) is 0 Å². The van der Waals surface area contributed by atoms with Gasteiger partial charge in [0.25, 0.3) is 5.91 Å². The first-order chi connectivity index (χ1) is 11.0. The van der Waals surface area contributed by atoms with Gasteiger partial charge in [0.15, 0.2) is 0 Å². The summed E-state index contributed by atoms with van der Waals surface area (Å²) in [7, 11) is -1.48. The Kier molecular flexibility index (Phi) is 4.09. The molecule has 0 radical (unpaired) electrons. The molecule has 1 fully saturated rings. The zero-order valence-corrected chi connectivity index (χ0v) is 13.7. The second-order valence-electron chi connectivity index (χ2n) is 5.49. The standard InChI is InChI=1S/C17H18N2O3S/c1-18(15-6-3-2-4-7-15)17(20)14-8-10-16(11-9-14)19-12-5-13-23(19,21)22/h2-4,6-11H,5,12-13H2,1H3. The first kappa shape index (κ1) is 15.6. The van der Waals surface area contributed by atoms with Gasteiger partial charge in [0, 0.05) is 24.8 Å². The lowest BCUT2D eigenvalue weighted by Gasteiger charge is -2.19. The monoisotopic (exact) mass is 330 g/mol. The number of rotatable bonds is 3. The fourth-order valence-corrected chi connectivity index (χ4v) is 4.23. The minimum Gasteiger partial charge on any atom is -0.311 e. The van der Waals surface area contributed by atoms with Crippen molar-refractivity contribution in [3.63, 3.8) is 0 Å². The zero-order valence-electron chi connectivity index (χ0n) is 12.8. The number of carbonyl (C=O) groups is 1. The van der Waals surface area contributed by atoms with Gasteiger partial charge in [0.05, 0.1) is 11.4 Å². The number of hydrogen-bond donors (Lipinski definition) is 0. The Bertz CT molecular complexity index is 801. The number of amides is 1. The van der Waals surface area contributed by atoms with Gasteiger partial charge in [-0.2, -0.15) is 0 Å². The summed E-state index contributed by atoms with van der Waals surface area (Å²) in [5, 5.41) is 0. The summed E-state index contributed by atoms with van der Waals surface area (Å²) in [6.45, 7) is 0.500. The molecule has 1 aliphatic rings. The molecule has 0 atom stereocenters. The fourth-order valence-electron chi connectivity index (χ4n) is 2.66. The Labute approximate surface area is 136 Å². The van der Waals surface area contributed by atoms with Crippen molar-refractivity contribution in [1.29, 1.82) is 0 Å². The molecule has 0 aliphatic carbocycles. The highest BCUT2D eigenvalue weighted by molar-refractivity contribution is 7.93. The number of benzene rings is 2. The van der Waals surface area contributed by atoms with Crippen molar-refractivity contribution >= 4 is 27.3 Å². The molecule has 0 spiro atoms. The predicted molar refractivity (Wildman–Crippen MR) is 91.4 cm³/mol. The number of hydrogen-bond acceptors (Lipinski definition) is 3. The first-order valence-electron chi connectivity index (χ1n) is 7.43. The molecule has 120 valence electrons. The van der Waals surface area contributed by atoms with Crippen LogP contribution in [-0.2, 0) is 10.0 Å². The molecule has 0 unspecified atom stereocenters. The smallest absolute Gasteiger partial charge is 0.258 e. The van der Waals surface area contributed by atoms with E-state index in [9.17, 15) is 13.2 Å². The van der Waals surface area contributed by atoms with E-state index in [1.165, 1.54) is 4.31 Å². The van der Waals surface area contributed by atoms with Crippen LogP contribution in [0.25, 0.3) is 0 Å². The SMILES string of the molecule is CN(C(=O)c1ccc(N2CCCS2(=O)=O)cc1)c1ccccc1. The molecule has 5 nitrogen and oxygen atoms in total. The molecule has 1 heterocycles. The van der Waals surface area contributed by atoms with Gasteiger partial charge >= 0.3 is 0 Å². The molecule has 0 aromatic heterocycles. The third-order valence-corrected chi connectivity index (χ3v) is 5.82. The van der Waals surface area contributed by atoms with Crippen molar-refractivity contribution in [1.82, 2.24) is 0 Å². The molecule has 0 bridgehead atoms. The van der Waals surface area contributed by atoms with Gasteiger partial charge in [-0.1, -0.05) is 18.2 Å².